The molecule has 0 bridgehead atoms. The summed E-state index contributed by atoms with van der Waals surface area (Å²) in [7, 11) is 0. The van der Waals surface area contributed by atoms with Gasteiger partial charge in [0.05, 0.1) is 13.2 Å². The molecule has 0 aromatic carbocycles. The highest BCUT2D eigenvalue weighted by Crippen LogP contribution is 1.90. The summed E-state index contributed by atoms with van der Waals surface area (Å²) in [5.41, 5.74) is 0. The van der Waals surface area contributed by atoms with E-state index in [2.05, 4.69) is 4.99 Å². The van der Waals surface area contributed by atoms with Crippen molar-refractivity contribution in [3.05, 3.63) is 0 Å². The fraction of sp³-hybridized carbons (Fsp3) is 0.857. The average Bonchev–Trinajstić information content (AvgIpc) is 1.97. The lowest BCUT2D eigenvalue weighted by atomic mass is 10.2. The largest absolute Gasteiger partial charge is 0.396 e. The Morgan fingerprint density at radius 2 is 1.90 bits per heavy atom. The van der Waals surface area contributed by atoms with Crippen LogP contribution in [0.2, 0.25) is 0 Å². The van der Waals surface area contributed by atoms with Gasteiger partial charge in [0.15, 0.2) is 0 Å². The van der Waals surface area contributed by atoms with Crippen LogP contribution in [0.5, 0.6) is 0 Å². The molecular formula is C7H15NO2. The van der Waals surface area contributed by atoms with Crippen LogP contribution in [0, 0.1) is 0 Å². The Bertz CT molecular complexity index is 83.7. The van der Waals surface area contributed by atoms with Crippen molar-refractivity contribution < 1.29 is 10.2 Å². The highest BCUT2D eigenvalue weighted by Gasteiger charge is 1.81. The summed E-state index contributed by atoms with van der Waals surface area (Å²) in [6.07, 6.45) is 4.52. The molecule has 0 rings (SSSR count). The Labute approximate surface area is 61.4 Å². The zero-order valence-electron chi connectivity index (χ0n) is 6.16. The lowest BCUT2D eigenvalue weighted by molar-refractivity contribution is 0.285. The predicted molar refractivity (Wildman–Crippen MR) is 41.4 cm³/mol. The summed E-state index contributed by atoms with van der Waals surface area (Å²) in [5.74, 6) is 0. The molecule has 0 aliphatic carbocycles. The molecule has 3 heteroatoms. The van der Waals surface area contributed by atoms with E-state index in [9.17, 15) is 0 Å². The molecule has 2 N–H and O–H groups in total. The number of aliphatic imine (C=N–C) groups is 1. The monoisotopic (exact) mass is 145 g/mol. The molecule has 3 nitrogen and oxygen atoms in total. The van der Waals surface area contributed by atoms with Crippen molar-refractivity contribution in [2.75, 3.05) is 19.8 Å². The van der Waals surface area contributed by atoms with E-state index in [1.807, 2.05) is 0 Å². The molecule has 0 aliphatic heterocycles. The van der Waals surface area contributed by atoms with Crippen molar-refractivity contribution in [3.63, 3.8) is 0 Å². The van der Waals surface area contributed by atoms with Crippen molar-refractivity contribution in [2.45, 2.75) is 19.3 Å². The van der Waals surface area contributed by atoms with Gasteiger partial charge in [0, 0.05) is 6.61 Å². The molecule has 0 unspecified atom stereocenters. The van der Waals surface area contributed by atoms with Crippen molar-refractivity contribution >= 4 is 6.21 Å². The first-order valence-corrected chi connectivity index (χ1v) is 3.62. The summed E-state index contributed by atoms with van der Waals surface area (Å²) >= 11 is 0. The molecule has 0 heterocycles. The number of nitrogens with zero attached hydrogens (tertiary/aromatic N) is 1. The quantitative estimate of drug-likeness (QED) is 0.414. The van der Waals surface area contributed by atoms with E-state index in [0.29, 0.717) is 6.54 Å². The maximum atomic E-state index is 8.38. The minimum Gasteiger partial charge on any atom is -0.396 e. The minimum absolute atomic E-state index is 0.122. The molecule has 0 saturated carbocycles. The van der Waals surface area contributed by atoms with Gasteiger partial charge in [0.1, 0.15) is 0 Å². The van der Waals surface area contributed by atoms with Gasteiger partial charge >= 0.3 is 0 Å². The Hall–Kier alpha value is -0.410. The third kappa shape index (κ3) is 7.59. The van der Waals surface area contributed by atoms with Crippen LogP contribution in [0.3, 0.4) is 0 Å². The van der Waals surface area contributed by atoms with Gasteiger partial charge in [-0.3, -0.25) is 4.99 Å². The van der Waals surface area contributed by atoms with Gasteiger partial charge in [-0.05, 0) is 25.5 Å². The standard InChI is InChI=1S/C7H15NO2/c9-6-3-1-2-4-8-5-7-10/h4,9-10H,1-3,5-7H2. The van der Waals surface area contributed by atoms with Crippen molar-refractivity contribution in [2.24, 2.45) is 4.99 Å². The second-order valence-corrected chi connectivity index (χ2v) is 2.03. The summed E-state index contributed by atoms with van der Waals surface area (Å²) in [5, 5.41) is 16.7. The number of hydrogen-bond donors (Lipinski definition) is 2. The van der Waals surface area contributed by atoms with Crippen LogP contribution in [-0.2, 0) is 0 Å². The van der Waals surface area contributed by atoms with Crippen LogP contribution >= 0.6 is 0 Å². The number of aliphatic hydroxyl groups excluding tert-OH is 2. The summed E-state index contributed by atoms with van der Waals surface area (Å²) in [4.78, 5) is 3.91. The molecule has 10 heavy (non-hydrogen) atoms. The van der Waals surface area contributed by atoms with Crippen LogP contribution < -0.4 is 0 Å². The second-order valence-electron chi connectivity index (χ2n) is 2.03. The molecule has 0 spiro atoms. The van der Waals surface area contributed by atoms with Crippen LogP contribution in [-0.4, -0.2) is 36.2 Å². The number of aliphatic hydroxyl groups is 2. The van der Waals surface area contributed by atoms with Gasteiger partial charge < -0.3 is 10.2 Å². The molecule has 0 aromatic rings. The van der Waals surface area contributed by atoms with Crippen LogP contribution in [0.25, 0.3) is 0 Å². The van der Waals surface area contributed by atoms with Crippen molar-refractivity contribution in [3.8, 4) is 0 Å². The molecule has 0 saturated heterocycles. The molecule has 0 atom stereocenters. The first-order chi connectivity index (χ1) is 4.91. The maximum Gasteiger partial charge on any atom is 0.0626 e. The first-order valence-electron chi connectivity index (χ1n) is 3.62. The van der Waals surface area contributed by atoms with Gasteiger partial charge in [-0.1, -0.05) is 0 Å². The fourth-order valence-electron chi connectivity index (χ4n) is 0.588. The normalized spacial score (nSPS) is 11.0. The Balaban J connectivity index is 2.88. The summed E-state index contributed by atoms with van der Waals surface area (Å²) in [6.45, 7) is 0.878. The van der Waals surface area contributed by atoms with Gasteiger partial charge in [0.25, 0.3) is 0 Å². The highest BCUT2D eigenvalue weighted by molar-refractivity contribution is 5.56. The Morgan fingerprint density at radius 1 is 1.10 bits per heavy atom. The van der Waals surface area contributed by atoms with Gasteiger partial charge in [-0.25, -0.2) is 0 Å². The molecule has 0 amide bonds. The summed E-state index contributed by atoms with van der Waals surface area (Å²) in [6, 6.07) is 0. The predicted octanol–water partition coefficient (Wildman–Crippen LogP) is 0.212. The smallest absolute Gasteiger partial charge is 0.0626 e. The van der Waals surface area contributed by atoms with E-state index in [1.165, 1.54) is 0 Å². The molecule has 0 aromatic heterocycles. The van der Waals surface area contributed by atoms with Crippen LogP contribution in [0.1, 0.15) is 19.3 Å². The van der Waals surface area contributed by atoms with E-state index in [1.54, 1.807) is 6.21 Å². The van der Waals surface area contributed by atoms with Gasteiger partial charge in [0.2, 0.25) is 0 Å². The van der Waals surface area contributed by atoms with Crippen LogP contribution in [0.4, 0.5) is 0 Å². The zero-order valence-corrected chi connectivity index (χ0v) is 6.16. The third-order valence-electron chi connectivity index (χ3n) is 1.10. The van der Waals surface area contributed by atoms with Crippen molar-refractivity contribution in [1.29, 1.82) is 0 Å². The first kappa shape index (κ1) is 9.59. The SMILES string of the molecule is OCCCCC=NCCO. The molecule has 0 aliphatic rings. The number of unbranched alkanes of at least 4 members (excludes halogenated alkanes) is 2. The van der Waals surface area contributed by atoms with Crippen molar-refractivity contribution in [1.82, 2.24) is 0 Å². The fourth-order valence-corrected chi connectivity index (χ4v) is 0.588. The van der Waals surface area contributed by atoms with E-state index in [4.69, 9.17) is 10.2 Å². The lowest BCUT2D eigenvalue weighted by Gasteiger charge is -1.90. The third-order valence-corrected chi connectivity index (χ3v) is 1.10. The van der Waals surface area contributed by atoms with E-state index in [0.717, 1.165) is 19.3 Å². The topological polar surface area (TPSA) is 52.8 Å². The summed E-state index contributed by atoms with van der Waals surface area (Å²) < 4.78 is 0. The van der Waals surface area contributed by atoms with E-state index < -0.39 is 0 Å². The maximum absolute atomic E-state index is 8.38. The van der Waals surface area contributed by atoms with Gasteiger partial charge in [-0.2, -0.15) is 0 Å². The zero-order chi connectivity index (χ0) is 7.66. The Morgan fingerprint density at radius 3 is 2.50 bits per heavy atom. The Kier molecular flexibility index (Phi) is 8.24. The lowest BCUT2D eigenvalue weighted by Crippen LogP contribution is -1.88. The highest BCUT2D eigenvalue weighted by atomic mass is 16.3. The molecule has 60 valence electrons. The van der Waals surface area contributed by atoms with E-state index in [-0.39, 0.29) is 13.2 Å². The average molecular weight is 145 g/mol. The number of rotatable bonds is 6. The van der Waals surface area contributed by atoms with Crippen LogP contribution in [0.15, 0.2) is 4.99 Å². The van der Waals surface area contributed by atoms with E-state index >= 15 is 0 Å². The minimum atomic E-state index is 0.122. The molecule has 0 radical (unpaired) electrons. The second kappa shape index (κ2) is 8.59. The molecular weight excluding hydrogens is 130 g/mol. The molecule has 0 fully saturated rings. The number of hydrogen-bond acceptors (Lipinski definition) is 3. The van der Waals surface area contributed by atoms with Gasteiger partial charge in [-0.15, -0.1) is 0 Å².